The standard InChI is InChI=1S/C44H61N5O12/c1-8-24-20(3)30-14-33-26(18-60-44-43(59)42(58)41(57)36(17-51)61-44)22(5)29(47-33)13-31-21(4)25(9-10-37(54)49(7)15-34(52)39(55)40(56)35(53)16-50)38(48-31)23(6)28-11-19(2)27(45-28)12-32(24)46-30/h11-14,21,25,34-36,39-45,47,50-53,55-59H,8-10,15-18H2,1-7H3/t21-,25-,34-,35+,36+,39+,40+,41+,42-,43+,44?/m0/s1. The van der Waals surface area contributed by atoms with Crippen LogP contribution in [0.3, 0.4) is 0 Å². The van der Waals surface area contributed by atoms with Crippen molar-refractivity contribution in [2.24, 2.45) is 0 Å². The third-order valence-corrected chi connectivity index (χ3v) is 12.7. The normalized spacial score (nSPS) is 25.1. The Morgan fingerprint density at radius 2 is 1.51 bits per heavy atom. The fourth-order valence-corrected chi connectivity index (χ4v) is 8.52. The molecule has 0 aromatic carbocycles. The lowest BCUT2D eigenvalue weighted by atomic mass is 9.86. The van der Waals surface area contributed by atoms with E-state index in [1.807, 2.05) is 45.9 Å². The number of aliphatic hydroxyl groups excluding tert-OH is 9. The number of aliphatic hydroxyl groups is 9. The van der Waals surface area contributed by atoms with Crippen molar-refractivity contribution < 1.29 is 60.2 Å². The first-order valence-corrected chi connectivity index (χ1v) is 20.8. The number of ether oxygens (including phenoxy) is 2. The summed E-state index contributed by atoms with van der Waals surface area (Å²) >= 11 is 0. The lowest BCUT2D eigenvalue weighted by molar-refractivity contribution is -0.304. The largest absolute Gasteiger partial charge is 0.394 e. The number of carbonyl (C=O) groups is 1. The molecule has 3 aliphatic rings. The van der Waals surface area contributed by atoms with Crippen LogP contribution in [-0.4, -0.2) is 159 Å². The monoisotopic (exact) mass is 851 g/mol. The van der Waals surface area contributed by atoms with Gasteiger partial charge < -0.3 is 70.3 Å². The van der Waals surface area contributed by atoms with E-state index in [1.165, 1.54) is 11.9 Å². The average Bonchev–Trinajstić information content (AvgIpc) is 3.95. The zero-order chi connectivity index (χ0) is 44.6. The molecule has 1 unspecified atom stereocenters. The van der Waals surface area contributed by atoms with Crippen LogP contribution in [0.25, 0.3) is 33.2 Å². The number of amides is 1. The summed E-state index contributed by atoms with van der Waals surface area (Å²) in [6.07, 6.45) is -12.8. The molecule has 3 aliphatic heterocycles. The molecule has 17 nitrogen and oxygen atoms in total. The van der Waals surface area contributed by atoms with Crippen molar-refractivity contribution >= 4 is 39.1 Å². The molecule has 0 radical (unpaired) electrons. The number of hydrogen-bond acceptors (Lipinski definition) is 14. The summed E-state index contributed by atoms with van der Waals surface area (Å²) in [4.78, 5) is 32.2. The van der Waals surface area contributed by atoms with Gasteiger partial charge in [-0.25, -0.2) is 4.98 Å². The van der Waals surface area contributed by atoms with Gasteiger partial charge in [0.15, 0.2) is 6.29 Å². The first-order valence-electron chi connectivity index (χ1n) is 20.8. The van der Waals surface area contributed by atoms with E-state index in [4.69, 9.17) is 24.5 Å². The van der Waals surface area contributed by atoms with Crippen LogP contribution >= 0.6 is 0 Å². The maximum absolute atomic E-state index is 13.5. The van der Waals surface area contributed by atoms with Crippen LogP contribution in [0.4, 0.5) is 0 Å². The molecule has 1 amide bonds. The number of carbonyl (C=O) groups excluding carboxylic acids is 1. The lowest BCUT2D eigenvalue weighted by Gasteiger charge is -2.39. The van der Waals surface area contributed by atoms with Gasteiger partial charge in [-0.2, -0.15) is 0 Å². The highest BCUT2D eigenvalue weighted by Gasteiger charge is 2.44. The van der Waals surface area contributed by atoms with Crippen molar-refractivity contribution in [3.63, 3.8) is 0 Å². The summed E-state index contributed by atoms with van der Waals surface area (Å²) < 4.78 is 11.7. The molecule has 0 aliphatic carbocycles. The molecule has 0 spiro atoms. The average molecular weight is 852 g/mol. The van der Waals surface area contributed by atoms with Crippen LogP contribution in [0.2, 0.25) is 0 Å². The Morgan fingerprint density at radius 3 is 2.18 bits per heavy atom. The quantitative estimate of drug-likeness (QED) is 0.110. The molecule has 1 saturated heterocycles. The molecular formula is C44H61N5O12. The van der Waals surface area contributed by atoms with Gasteiger partial charge in [-0.1, -0.05) is 13.8 Å². The molecular weight excluding hydrogens is 791 g/mol. The topological polar surface area (TPSA) is 278 Å². The van der Waals surface area contributed by atoms with Crippen LogP contribution in [0.1, 0.15) is 96.9 Å². The maximum Gasteiger partial charge on any atom is 0.222 e. The van der Waals surface area contributed by atoms with Gasteiger partial charge in [0.05, 0.1) is 31.2 Å². The van der Waals surface area contributed by atoms with Crippen molar-refractivity contribution in [1.82, 2.24) is 24.8 Å². The first-order chi connectivity index (χ1) is 28.9. The Labute approximate surface area is 354 Å². The molecule has 3 aromatic rings. The van der Waals surface area contributed by atoms with E-state index < -0.39 is 68.3 Å². The van der Waals surface area contributed by atoms with E-state index in [0.717, 1.165) is 79.1 Å². The van der Waals surface area contributed by atoms with Crippen molar-refractivity contribution in [3.05, 3.63) is 69.3 Å². The number of aromatic amines is 2. The van der Waals surface area contributed by atoms with E-state index in [-0.39, 0.29) is 37.3 Å². The molecule has 11 N–H and O–H groups in total. The minimum atomic E-state index is -1.81. The summed E-state index contributed by atoms with van der Waals surface area (Å²) in [7, 11) is 1.48. The van der Waals surface area contributed by atoms with Crippen LogP contribution < -0.4 is 0 Å². The third-order valence-electron chi connectivity index (χ3n) is 12.7. The Hall–Kier alpha value is -4.11. The highest BCUT2D eigenvalue weighted by Crippen LogP contribution is 2.42. The van der Waals surface area contributed by atoms with Crippen molar-refractivity contribution in [2.75, 3.05) is 26.8 Å². The second-order valence-corrected chi connectivity index (χ2v) is 16.7. The molecule has 61 heavy (non-hydrogen) atoms. The number of aromatic nitrogens is 4. The van der Waals surface area contributed by atoms with E-state index in [0.29, 0.717) is 11.9 Å². The summed E-state index contributed by atoms with van der Waals surface area (Å²) in [5.41, 5.74) is 11.9. The number of likely N-dealkylation sites (N-methyl/N-ethyl adjacent to an activating group) is 1. The fraction of sp³-hybridized carbons (Fsp3) is 0.568. The molecule has 6 heterocycles. The molecule has 3 aromatic heterocycles. The van der Waals surface area contributed by atoms with Gasteiger partial charge in [0.25, 0.3) is 0 Å². The Bertz CT molecular complexity index is 2270. The second-order valence-electron chi connectivity index (χ2n) is 16.7. The van der Waals surface area contributed by atoms with Gasteiger partial charge in [0, 0.05) is 70.9 Å². The summed E-state index contributed by atoms with van der Waals surface area (Å²) in [5, 5.41) is 91.0. The van der Waals surface area contributed by atoms with E-state index in [2.05, 4.69) is 29.9 Å². The molecule has 334 valence electrons. The Kier molecular flexibility index (Phi) is 14.5. The van der Waals surface area contributed by atoms with Gasteiger partial charge in [0.2, 0.25) is 5.91 Å². The number of rotatable bonds is 14. The summed E-state index contributed by atoms with van der Waals surface area (Å²) in [5.74, 6) is -0.694. The number of H-pyrrole nitrogens is 2. The van der Waals surface area contributed by atoms with Gasteiger partial charge in [-0.05, 0) is 92.6 Å². The predicted molar refractivity (Wildman–Crippen MR) is 226 cm³/mol. The zero-order valence-corrected chi connectivity index (χ0v) is 35.7. The number of aryl methyl sites for hydroxylation is 3. The van der Waals surface area contributed by atoms with Crippen LogP contribution in [0.15, 0.2) is 24.3 Å². The number of allylic oxidation sites excluding steroid dienone is 2. The maximum atomic E-state index is 13.5. The molecule has 1 fully saturated rings. The summed E-state index contributed by atoms with van der Waals surface area (Å²) in [6.45, 7) is 10.3. The number of nitrogens with one attached hydrogen (secondary N) is 2. The van der Waals surface area contributed by atoms with Crippen molar-refractivity contribution in [1.29, 1.82) is 0 Å². The van der Waals surface area contributed by atoms with Gasteiger partial charge in [-0.15, -0.1) is 0 Å². The van der Waals surface area contributed by atoms with Gasteiger partial charge >= 0.3 is 0 Å². The van der Waals surface area contributed by atoms with E-state index >= 15 is 0 Å². The smallest absolute Gasteiger partial charge is 0.222 e. The molecule has 8 bridgehead atoms. The number of fused-ring (bicyclic) bond motifs is 8. The highest BCUT2D eigenvalue weighted by molar-refractivity contribution is 5.92. The Balaban J connectivity index is 1.42. The number of nitrogens with zero attached hydrogens (tertiary/aromatic N) is 3. The minimum Gasteiger partial charge on any atom is -0.394 e. The van der Waals surface area contributed by atoms with Crippen molar-refractivity contribution in [2.45, 2.75) is 134 Å². The molecule has 0 saturated carbocycles. The van der Waals surface area contributed by atoms with Crippen molar-refractivity contribution in [3.8, 4) is 0 Å². The van der Waals surface area contributed by atoms with Crippen LogP contribution in [0.5, 0.6) is 0 Å². The SMILES string of the molecule is CCC1=C(C)c2cc3[nH]c(cc4nc(c(C)c5cc(C)c(cc1n2)[nH]5)[C@@H](CCC(=O)N(C)C[C@H](O)[C@@H](O)[C@H](O)[C@H](O)CO)[C@@H]4C)c(C)c3COC1O[C@H](CO)[C@@H](O)[C@H](O)[C@H]1O. The number of hydrogen-bond donors (Lipinski definition) is 11. The molecule has 6 rings (SSSR count). The third kappa shape index (κ3) is 9.33. The van der Waals surface area contributed by atoms with Crippen LogP contribution in [0, 0.1) is 20.8 Å². The lowest BCUT2D eigenvalue weighted by Crippen LogP contribution is -2.59. The van der Waals surface area contributed by atoms with Gasteiger partial charge in [0.1, 0.15) is 48.8 Å². The first kappa shape index (κ1) is 46.4. The molecule has 17 heteroatoms. The minimum absolute atomic E-state index is 0.0719. The van der Waals surface area contributed by atoms with Crippen LogP contribution in [-0.2, 0) is 20.9 Å². The predicted octanol–water partition coefficient (Wildman–Crippen LogP) is 1.46. The fourth-order valence-electron chi connectivity index (χ4n) is 8.52. The van der Waals surface area contributed by atoms with Gasteiger partial charge in [-0.3, -0.25) is 9.78 Å². The Morgan fingerprint density at radius 1 is 0.852 bits per heavy atom. The summed E-state index contributed by atoms with van der Waals surface area (Å²) in [6, 6.07) is 8.04. The zero-order valence-electron chi connectivity index (χ0n) is 35.7. The second kappa shape index (κ2) is 19.1. The highest BCUT2D eigenvalue weighted by atomic mass is 16.7. The molecule has 11 atom stereocenters. The van der Waals surface area contributed by atoms with E-state index in [1.54, 1.807) is 0 Å². The van der Waals surface area contributed by atoms with E-state index in [9.17, 15) is 45.6 Å².